The number of methoxy groups -OCH3 is 3. The number of esters is 1. The van der Waals surface area contributed by atoms with Gasteiger partial charge >= 0.3 is 5.97 Å². The van der Waals surface area contributed by atoms with Crippen LogP contribution in [0.15, 0.2) is 47.6 Å². The van der Waals surface area contributed by atoms with E-state index in [1.165, 1.54) is 12.0 Å². The van der Waals surface area contributed by atoms with Crippen molar-refractivity contribution in [2.75, 3.05) is 27.9 Å². The number of piperidine rings is 1. The summed E-state index contributed by atoms with van der Waals surface area (Å²) in [4.78, 5) is 71.8. The zero-order chi connectivity index (χ0) is 48.2. The molecule has 0 aromatic rings. The van der Waals surface area contributed by atoms with Crippen LogP contribution >= 0.6 is 0 Å². The number of carbonyl (C=O) groups excluding carboxylic acids is 5. The van der Waals surface area contributed by atoms with Crippen LogP contribution in [-0.4, -0.2) is 132 Å². The molecule has 2 bridgehead atoms. The van der Waals surface area contributed by atoms with E-state index >= 15 is 0 Å². The molecule has 4 aliphatic rings. The van der Waals surface area contributed by atoms with Crippen molar-refractivity contribution in [3.8, 4) is 0 Å². The van der Waals surface area contributed by atoms with Gasteiger partial charge in [-0.05, 0) is 107 Å². The summed E-state index contributed by atoms with van der Waals surface area (Å²) in [5, 5.41) is 33.8. The van der Waals surface area contributed by atoms with Gasteiger partial charge in [0.25, 0.3) is 11.7 Å². The number of amides is 1. The smallest absolute Gasteiger partial charge is 0.329 e. The molecule has 2 saturated heterocycles. The molecule has 65 heavy (non-hydrogen) atoms. The molecule has 0 aromatic carbocycles. The molecule has 3 N–H and O–H groups in total. The lowest BCUT2D eigenvalue weighted by molar-refractivity contribution is -0.265. The van der Waals surface area contributed by atoms with Crippen LogP contribution < -0.4 is 0 Å². The molecule has 14 heteroatoms. The molecular formula is C51H79NO13. The summed E-state index contributed by atoms with van der Waals surface area (Å²) in [6.45, 7) is 12.7. The van der Waals surface area contributed by atoms with Crippen molar-refractivity contribution in [1.29, 1.82) is 0 Å². The Bertz CT molecular complexity index is 1760. The van der Waals surface area contributed by atoms with E-state index in [4.69, 9.17) is 23.7 Å². The van der Waals surface area contributed by atoms with E-state index in [9.17, 15) is 39.3 Å². The van der Waals surface area contributed by atoms with Crippen LogP contribution in [0.25, 0.3) is 0 Å². The van der Waals surface area contributed by atoms with E-state index in [0.717, 1.165) is 12.0 Å². The second kappa shape index (κ2) is 25.1. The Labute approximate surface area is 387 Å². The number of allylic oxidation sites excluding steroid dienone is 6. The van der Waals surface area contributed by atoms with Crippen molar-refractivity contribution in [3.05, 3.63) is 47.6 Å². The summed E-state index contributed by atoms with van der Waals surface area (Å²) in [5.41, 5.74) is 1.27. The highest BCUT2D eigenvalue weighted by Gasteiger charge is 2.53. The Kier molecular flexibility index (Phi) is 21.0. The lowest BCUT2D eigenvalue weighted by Gasteiger charge is -2.42. The molecule has 1 aliphatic carbocycles. The molecule has 1 amide bonds. The summed E-state index contributed by atoms with van der Waals surface area (Å²) in [6.07, 6.45) is 11.2. The molecule has 3 heterocycles. The van der Waals surface area contributed by atoms with Gasteiger partial charge in [-0.1, -0.05) is 71.1 Å². The lowest BCUT2D eigenvalue weighted by atomic mass is 9.78. The number of Topliss-reactive ketones (excluding diaryl/α,β-unsaturated/α-hetero) is 3. The third-order valence-electron chi connectivity index (χ3n) is 14.5. The first-order valence-corrected chi connectivity index (χ1v) is 23.9. The summed E-state index contributed by atoms with van der Waals surface area (Å²) in [7, 11) is 4.52. The average Bonchev–Trinajstić information content (AvgIpc) is 3.28. The van der Waals surface area contributed by atoms with Crippen LogP contribution in [0.2, 0.25) is 0 Å². The Morgan fingerprint density at radius 3 is 2.25 bits per heavy atom. The molecule has 3 aliphatic heterocycles. The monoisotopic (exact) mass is 914 g/mol. The Balaban J connectivity index is 1.70. The zero-order valence-corrected chi connectivity index (χ0v) is 40.6. The molecule has 366 valence electrons. The van der Waals surface area contributed by atoms with E-state index in [0.29, 0.717) is 63.4 Å². The third kappa shape index (κ3) is 14.3. The van der Waals surface area contributed by atoms with E-state index in [-0.39, 0.29) is 54.8 Å². The standard InChI is InChI=1S/C51H79NO13/c1-30-16-12-11-13-17-31(2)42(61-8)28-38-21-19-36(7)51(60,65-38)48(57)49(58)52-23-15-14-18-39(52)50(59)64-43(33(4)26-37-20-22-40(53)44(27-37)62-9)29-41(54)32(3)25-35(6)46(56)47(63-10)45(55)34(5)24-30/h11-13,16-17,25,30,32-34,36-40,42-44,46-47,53,56,60H,14-15,18-24,26-29H2,1-10H3/b13-11?,16-12+,31-17?,35-25+/t30-,32?,33-,34-,36-,37+,38+,39?,40-,42+,43+,44-,46?,47+,51-/m1/s1. The highest BCUT2D eigenvalue weighted by Crippen LogP contribution is 2.38. The number of ether oxygens (including phenoxy) is 5. The minimum absolute atomic E-state index is 0.0193. The van der Waals surface area contributed by atoms with Gasteiger partial charge in [0.1, 0.15) is 30.1 Å². The Hall–Kier alpha value is -3.37. The number of aliphatic hydroxyl groups is 3. The van der Waals surface area contributed by atoms with Crippen molar-refractivity contribution in [2.45, 2.75) is 180 Å². The predicted molar refractivity (Wildman–Crippen MR) is 245 cm³/mol. The lowest BCUT2D eigenvalue weighted by Crippen LogP contribution is -2.61. The second-order valence-corrected chi connectivity index (χ2v) is 19.6. The number of cyclic esters (lactones) is 1. The van der Waals surface area contributed by atoms with Gasteiger partial charge in [0.05, 0.1) is 24.4 Å². The van der Waals surface area contributed by atoms with E-state index in [1.807, 2.05) is 58.1 Å². The van der Waals surface area contributed by atoms with Crippen molar-refractivity contribution < 1.29 is 63.0 Å². The summed E-state index contributed by atoms with van der Waals surface area (Å²) < 4.78 is 29.4. The van der Waals surface area contributed by atoms with Gasteiger partial charge in [-0.15, -0.1) is 0 Å². The second-order valence-electron chi connectivity index (χ2n) is 19.6. The fraction of sp³-hybridized carbons (Fsp3) is 0.745. The molecular weight excluding hydrogens is 835 g/mol. The molecule has 3 unspecified atom stereocenters. The van der Waals surface area contributed by atoms with Gasteiger partial charge in [-0.2, -0.15) is 0 Å². The van der Waals surface area contributed by atoms with Gasteiger partial charge in [0.15, 0.2) is 5.78 Å². The quantitative estimate of drug-likeness (QED) is 0.156. The van der Waals surface area contributed by atoms with Crippen LogP contribution in [0.5, 0.6) is 0 Å². The van der Waals surface area contributed by atoms with Gasteiger partial charge in [0.2, 0.25) is 5.79 Å². The highest BCUT2D eigenvalue weighted by atomic mass is 16.6. The minimum atomic E-state index is -2.43. The number of hydrogen-bond donors (Lipinski definition) is 3. The SMILES string of the molecule is CO[C@H]1C[C@@H]2CC[C@@H](C)[C@@](O)(O2)C(=O)C(=O)N2CCCCC2C(=O)O[C@H]([C@H](C)C[C@@H]2CC[C@@H](O)[C@H](OC)C2)CC(=O)C(C)/C=C(\C)C(O)[C@@H](OC)C(=O)[C@H](C)C[C@H](C)/C=C/C=CC=C1C. The third-order valence-corrected chi connectivity index (χ3v) is 14.5. The largest absolute Gasteiger partial charge is 0.460 e. The topological polar surface area (TPSA) is 195 Å². The maximum absolute atomic E-state index is 14.4. The molecule has 3 fully saturated rings. The van der Waals surface area contributed by atoms with Crippen molar-refractivity contribution in [2.24, 2.45) is 35.5 Å². The molecule has 0 aromatic heterocycles. The first-order chi connectivity index (χ1) is 30.7. The number of fused-ring (bicyclic) bond motifs is 3. The maximum atomic E-state index is 14.4. The van der Waals surface area contributed by atoms with Crippen LogP contribution in [0.1, 0.15) is 126 Å². The zero-order valence-electron chi connectivity index (χ0n) is 40.6. The fourth-order valence-corrected chi connectivity index (χ4v) is 10.1. The summed E-state index contributed by atoms with van der Waals surface area (Å²) in [6, 6.07) is -1.14. The van der Waals surface area contributed by atoms with Crippen LogP contribution in [0.3, 0.4) is 0 Å². The summed E-state index contributed by atoms with van der Waals surface area (Å²) in [5.74, 6) is -7.96. The number of rotatable bonds is 6. The Morgan fingerprint density at radius 2 is 1.57 bits per heavy atom. The molecule has 4 rings (SSSR count). The molecule has 15 atom stereocenters. The van der Waals surface area contributed by atoms with Crippen molar-refractivity contribution >= 4 is 29.2 Å². The minimum Gasteiger partial charge on any atom is -0.460 e. The average molecular weight is 914 g/mol. The van der Waals surface area contributed by atoms with Crippen LogP contribution in [-0.2, 0) is 47.7 Å². The van der Waals surface area contributed by atoms with E-state index in [2.05, 4.69) is 0 Å². The van der Waals surface area contributed by atoms with Crippen molar-refractivity contribution in [1.82, 2.24) is 4.90 Å². The van der Waals surface area contributed by atoms with Gasteiger partial charge < -0.3 is 43.9 Å². The molecule has 0 radical (unpaired) electrons. The number of aliphatic hydroxyl groups excluding tert-OH is 2. The number of ketones is 3. The van der Waals surface area contributed by atoms with Gasteiger partial charge in [-0.25, -0.2) is 4.79 Å². The normalized spacial score (nSPS) is 39.1. The predicted octanol–water partition coefficient (Wildman–Crippen LogP) is 6.18. The van der Waals surface area contributed by atoms with Gasteiger partial charge in [0, 0.05) is 58.5 Å². The highest BCUT2D eigenvalue weighted by molar-refractivity contribution is 6.39. The van der Waals surface area contributed by atoms with Gasteiger partial charge in [-0.3, -0.25) is 19.2 Å². The summed E-state index contributed by atoms with van der Waals surface area (Å²) >= 11 is 0. The van der Waals surface area contributed by atoms with E-state index < -0.39 is 83.9 Å². The van der Waals surface area contributed by atoms with Crippen LogP contribution in [0, 0.1) is 35.5 Å². The molecule has 1 saturated carbocycles. The number of nitrogens with zero attached hydrogens (tertiary/aromatic N) is 1. The Morgan fingerprint density at radius 1 is 0.846 bits per heavy atom. The first-order valence-electron chi connectivity index (χ1n) is 23.9. The van der Waals surface area contributed by atoms with Crippen LogP contribution in [0.4, 0.5) is 0 Å². The van der Waals surface area contributed by atoms with E-state index in [1.54, 1.807) is 41.1 Å². The van der Waals surface area contributed by atoms with Crippen molar-refractivity contribution in [3.63, 3.8) is 0 Å². The first kappa shape index (κ1) is 54.2. The number of carbonyl (C=O) groups is 5. The molecule has 14 nitrogen and oxygen atoms in total. The maximum Gasteiger partial charge on any atom is 0.329 e. The fourth-order valence-electron chi connectivity index (χ4n) is 10.1. The number of hydrogen-bond acceptors (Lipinski definition) is 13. The molecule has 0 spiro atoms.